The number of nitrogens with two attached hydrogens (primary N) is 1. The maximum absolute atomic E-state index is 9.10. The number of anilines is 2. The molecule has 0 unspecified atom stereocenters. The largest absolute Gasteiger partial charge is 0.489 e. The van der Waals surface area contributed by atoms with Crippen molar-refractivity contribution in [2.75, 3.05) is 30.3 Å². The Hall–Kier alpha value is -1.42. The molecule has 3 N–H and O–H groups in total. The van der Waals surface area contributed by atoms with E-state index in [0.717, 1.165) is 18.7 Å². The number of aliphatic hydroxyl groups is 1. The van der Waals surface area contributed by atoms with E-state index in [-0.39, 0.29) is 12.7 Å². The molecule has 0 amide bonds. The van der Waals surface area contributed by atoms with Crippen LogP contribution in [0.25, 0.3) is 0 Å². The molecule has 0 spiro atoms. The summed E-state index contributed by atoms with van der Waals surface area (Å²) in [6, 6.07) is 5.77. The van der Waals surface area contributed by atoms with E-state index >= 15 is 0 Å². The fourth-order valence-electron chi connectivity index (χ4n) is 1.84. The van der Waals surface area contributed by atoms with E-state index in [0.29, 0.717) is 18.0 Å². The molecular formula is C14H24N2O2. The molecule has 0 saturated heterocycles. The van der Waals surface area contributed by atoms with Gasteiger partial charge >= 0.3 is 0 Å². The zero-order chi connectivity index (χ0) is 13.5. The number of hydrogen-bond acceptors (Lipinski definition) is 4. The van der Waals surface area contributed by atoms with Gasteiger partial charge < -0.3 is 20.5 Å². The number of nitrogen functional groups attached to an aromatic ring is 1. The molecular weight excluding hydrogens is 228 g/mol. The summed E-state index contributed by atoms with van der Waals surface area (Å²) in [6.45, 7) is 7.75. The first kappa shape index (κ1) is 14.6. The van der Waals surface area contributed by atoms with Crippen LogP contribution >= 0.6 is 0 Å². The van der Waals surface area contributed by atoms with Crippen molar-refractivity contribution >= 4 is 11.4 Å². The molecule has 4 nitrogen and oxygen atoms in total. The van der Waals surface area contributed by atoms with Gasteiger partial charge in [-0.1, -0.05) is 6.92 Å². The molecule has 1 rings (SSSR count). The number of benzene rings is 1. The summed E-state index contributed by atoms with van der Waals surface area (Å²) >= 11 is 0. The molecule has 4 heteroatoms. The van der Waals surface area contributed by atoms with Gasteiger partial charge in [0, 0.05) is 24.8 Å². The SMILES string of the molecule is CCCN(CCO)c1ccc(N)c(OC(C)C)c1. The van der Waals surface area contributed by atoms with Crippen LogP contribution in [0, 0.1) is 0 Å². The van der Waals surface area contributed by atoms with Gasteiger partial charge in [0.05, 0.1) is 18.4 Å². The lowest BCUT2D eigenvalue weighted by atomic mass is 10.2. The summed E-state index contributed by atoms with van der Waals surface area (Å²) in [7, 11) is 0. The number of hydrogen-bond donors (Lipinski definition) is 2. The van der Waals surface area contributed by atoms with Crippen LogP contribution in [-0.4, -0.2) is 30.9 Å². The molecule has 0 heterocycles. The summed E-state index contributed by atoms with van der Waals surface area (Å²) in [5.41, 5.74) is 7.58. The highest BCUT2D eigenvalue weighted by Crippen LogP contribution is 2.28. The molecule has 0 atom stereocenters. The van der Waals surface area contributed by atoms with Crippen LogP contribution in [0.2, 0.25) is 0 Å². The van der Waals surface area contributed by atoms with E-state index < -0.39 is 0 Å². The Balaban J connectivity index is 2.93. The third-order valence-corrected chi connectivity index (χ3v) is 2.59. The van der Waals surface area contributed by atoms with Crippen LogP contribution in [0.3, 0.4) is 0 Å². The molecule has 0 saturated carbocycles. The van der Waals surface area contributed by atoms with Crippen molar-refractivity contribution in [3.05, 3.63) is 18.2 Å². The molecule has 0 aliphatic rings. The number of aliphatic hydroxyl groups excluding tert-OH is 1. The minimum atomic E-state index is 0.0972. The summed E-state index contributed by atoms with van der Waals surface area (Å²) in [5.74, 6) is 0.710. The average molecular weight is 252 g/mol. The van der Waals surface area contributed by atoms with Crippen LogP contribution in [0.15, 0.2) is 18.2 Å². The number of rotatable bonds is 7. The van der Waals surface area contributed by atoms with Crippen LogP contribution in [0.5, 0.6) is 5.75 Å². The van der Waals surface area contributed by atoms with Crippen LogP contribution < -0.4 is 15.4 Å². The van der Waals surface area contributed by atoms with Crippen molar-refractivity contribution in [1.29, 1.82) is 0 Å². The Kier molecular flexibility index (Phi) is 5.78. The summed E-state index contributed by atoms with van der Waals surface area (Å²) in [6.07, 6.45) is 1.13. The monoisotopic (exact) mass is 252 g/mol. The maximum Gasteiger partial charge on any atom is 0.144 e. The first-order chi connectivity index (χ1) is 8.58. The van der Waals surface area contributed by atoms with Gasteiger partial charge in [-0.3, -0.25) is 0 Å². The minimum absolute atomic E-state index is 0.0972. The first-order valence-corrected chi connectivity index (χ1v) is 6.50. The van der Waals surface area contributed by atoms with Gasteiger partial charge in [0.2, 0.25) is 0 Å². The van der Waals surface area contributed by atoms with Crippen molar-refractivity contribution < 1.29 is 9.84 Å². The van der Waals surface area contributed by atoms with Crippen molar-refractivity contribution in [3.63, 3.8) is 0 Å². The second kappa shape index (κ2) is 7.11. The normalized spacial score (nSPS) is 10.7. The lowest BCUT2D eigenvalue weighted by molar-refractivity contribution is 0.244. The van der Waals surface area contributed by atoms with Crippen LogP contribution in [-0.2, 0) is 0 Å². The zero-order valence-corrected chi connectivity index (χ0v) is 11.5. The van der Waals surface area contributed by atoms with E-state index in [2.05, 4.69) is 11.8 Å². The molecule has 0 bridgehead atoms. The average Bonchev–Trinajstić information content (AvgIpc) is 2.31. The standard InChI is InChI=1S/C14H24N2O2/c1-4-7-16(8-9-17)12-5-6-13(15)14(10-12)18-11(2)3/h5-6,10-11,17H,4,7-9,15H2,1-3H3. The highest BCUT2D eigenvalue weighted by atomic mass is 16.5. The third-order valence-electron chi connectivity index (χ3n) is 2.59. The smallest absolute Gasteiger partial charge is 0.144 e. The second-order valence-electron chi connectivity index (χ2n) is 4.60. The number of nitrogens with zero attached hydrogens (tertiary/aromatic N) is 1. The number of ether oxygens (including phenoxy) is 1. The Morgan fingerprint density at radius 3 is 2.61 bits per heavy atom. The van der Waals surface area contributed by atoms with Crippen molar-refractivity contribution in [2.45, 2.75) is 33.3 Å². The maximum atomic E-state index is 9.10. The van der Waals surface area contributed by atoms with Gasteiger partial charge in [0.1, 0.15) is 5.75 Å². The molecule has 1 aromatic rings. The van der Waals surface area contributed by atoms with Gasteiger partial charge in [0.25, 0.3) is 0 Å². The van der Waals surface area contributed by atoms with Crippen LogP contribution in [0.4, 0.5) is 11.4 Å². The molecule has 0 fully saturated rings. The predicted octanol–water partition coefficient (Wildman–Crippen LogP) is 2.26. The first-order valence-electron chi connectivity index (χ1n) is 6.50. The molecule has 1 aromatic carbocycles. The lowest BCUT2D eigenvalue weighted by Crippen LogP contribution is -2.27. The highest BCUT2D eigenvalue weighted by Gasteiger charge is 2.09. The summed E-state index contributed by atoms with van der Waals surface area (Å²) in [4.78, 5) is 2.13. The Bertz CT molecular complexity index is 361. The fourth-order valence-corrected chi connectivity index (χ4v) is 1.84. The third kappa shape index (κ3) is 4.11. The topological polar surface area (TPSA) is 58.7 Å². The van der Waals surface area contributed by atoms with E-state index in [1.54, 1.807) is 0 Å². The van der Waals surface area contributed by atoms with Crippen molar-refractivity contribution in [1.82, 2.24) is 0 Å². The second-order valence-corrected chi connectivity index (χ2v) is 4.60. The van der Waals surface area contributed by atoms with E-state index in [4.69, 9.17) is 15.6 Å². The molecule has 0 aromatic heterocycles. The van der Waals surface area contributed by atoms with Gasteiger partial charge in [0.15, 0.2) is 0 Å². The molecule has 18 heavy (non-hydrogen) atoms. The Morgan fingerprint density at radius 2 is 2.06 bits per heavy atom. The summed E-state index contributed by atoms with van der Waals surface area (Å²) in [5, 5.41) is 9.10. The predicted molar refractivity (Wildman–Crippen MR) is 76.2 cm³/mol. The van der Waals surface area contributed by atoms with Crippen LogP contribution in [0.1, 0.15) is 27.2 Å². The van der Waals surface area contributed by atoms with Gasteiger partial charge in [-0.2, -0.15) is 0 Å². The molecule has 0 aliphatic heterocycles. The van der Waals surface area contributed by atoms with Crippen molar-refractivity contribution in [3.8, 4) is 5.75 Å². The Morgan fingerprint density at radius 1 is 1.33 bits per heavy atom. The van der Waals surface area contributed by atoms with E-state index in [9.17, 15) is 0 Å². The fraction of sp³-hybridized carbons (Fsp3) is 0.571. The summed E-state index contributed by atoms with van der Waals surface area (Å²) < 4.78 is 5.68. The van der Waals surface area contributed by atoms with Gasteiger partial charge in [-0.15, -0.1) is 0 Å². The quantitative estimate of drug-likeness (QED) is 0.731. The molecule has 102 valence electrons. The highest BCUT2D eigenvalue weighted by molar-refractivity contribution is 5.62. The Labute approximate surface area is 109 Å². The minimum Gasteiger partial charge on any atom is -0.489 e. The van der Waals surface area contributed by atoms with E-state index in [1.165, 1.54) is 0 Å². The van der Waals surface area contributed by atoms with Gasteiger partial charge in [-0.25, -0.2) is 0 Å². The lowest BCUT2D eigenvalue weighted by Gasteiger charge is -2.24. The van der Waals surface area contributed by atoms with Crippen molar-refractivity contribution in [2.24, 2.45) is 0 Å². The molecule has 0 aliphatic carbocycles. The molecule has 0 radical (unpaired) electrons. The van der Waals surface area contributed by atoms with E-state index in [1.807, 2.05) is 32.0 Å². The van der Waals surface area contributed by atoms with Gasteiger partial charge in [-0.05, 0) is 32.4 Å². The zero-order valence-electron chi connectivity index (χ0n) is 11.5.